The number of Topliss-reactive ketones (excluding diaryl/α,β-unsaturated/α-hetero) is 1. The van der Waals surface area contributed by atoms with Crippen LogP contribution in [0.2, 0.25) is 0 Å². The molecule has 3 nitrogen and oxygen atoms in total. The Kier molecular flexibility index (Phi) is 5.77. The van der Waals surface area contributed by atoms with Gasteiger partial charge < -0.3 is 9.47 Å². The average molecular weight is 294 g/mol. The summed E-state index contributed by atoms with van der Waals surface area (Å²) in [7, 11) is 0. The van der Waals surface area contributed by atoms with Crippen molar-refractivity contribution in [2.24, 2.45) is 0 Å². The Hall–Kier alpha value is -1.16. The van der Waals surface area contributed by atoms with Crippen LogP contribution in [0.25, 0.3) is 0 Å². The summed E-state index contributed by atoms with van der Waals surface area (Å²) in [5.74, 6) is 2.69. The van der Waals surface area contributed by atoms with E-state index in [0.29, 0.717) is 24.7 Å². The molecule has 0 bridgehead atoms. The van der Waals surface area contributed by atoms with Gasteiger partial charge in [-0.3, -0.25) is 4.79 Å². The molecule has 1 heterocycles. The Morgan fingerprint density at radius 2 is 1.95 bits per heavy atom. The molecule has 0 aromatic heterocycles. The summed E-state index contributed by atoms with van der Waals surface area (Å²) in [6.45, 7) is 5.02. The van der Waals surface area contributed by atoms with Gasteiger partial charge in [-0.1, -0.05) is 6.42 Å². The highest BCUT2D eigenvalue weighted by Gasteiger charge is 2.23. The summed E-state index contributed by atoms with van der Waals surface area (Å²) in [6, 6.07) is 5.52. The van der Waals surface area contributed by atoms with Crippen molar-refractivity contribution in [1.29, 1.82) is 0 Å². The molecule has 1 atom stereocenters. The summed E-state index contributed by atoms with van der Waals surface area (Å²) >= 11 is 1.78. The van der Waals surface area contributed by atoms with Gasteiger partial charge in [-0.15, -0.1) is 0 Å². The first-order valence-electron chi connectivity index (χ1n) is 7.31. The number of ether oxygens (including phenoxy) is 2. The van der Waals surface area contributed by atoms with Gasteiger partial charge in [-0.25, -0.2) is 0 Å². The van der Waals surface area contributed by atoms with E-state index in [0.717, 1.165) is 24.2 Å². The summed E-state index contributed by atoms with van der Waals surface area (Å²) in [5, 5.41) is 0.108. The minimum absolute atomic E-state index is 0.108. The van der Waals surface area contributed by atoms with Gasteiger partial charge >= 0.3 is 0 Å². The number of thioether (sulfide) groups is 1. The highest BCUT2D eigenvalue weighted by molar-refractivity contribution is 8.00. The van der Waals surface area contributed by atoms with Gasteiger partial charge in [0.15, 0.2) is 17.3 Å². The first-order valence-corrected chi connectivity index (χ1v) is 8.36. The lowest BCUT2D eigenvalue weighted by Gasteiger charge is -2.20. The SMILES string of the molecule is CCOc1ccc(C(=O)C2CCCCS2)cc1OCC. The maximum Gasteiger partial charge on any atom is 0.175 e. The summed E-state index contributed by atoms with van der Waals surface area (Å²) < 4.78 is 11.1. The minimum atomic E-state index is 0.108. The van der Waals surface area contributed by atoms with E-state index in [9.17, 15) is 4.79 Å². The van der Waals surface area contributed by atoms with Gasteiger partial charge in [-0.2, -0.15) is 11.8 Å². The average Bonchev–Trinajstić information content (AvgIpc) is 2.50. The normalized spacial score (nSPS) is 18.6. The van der Waals surface area contributed by atoms with E-state index >= 15 is 0 Å². The fraction of sp³-hybridized carbons (Fsp3) is 0.562. The Balaban J connectivity index is 2.18. The van der Waals surface area contributed by atoms with Crippen LogP contribution < -0.4 is 9.47 Å². The topological polar surface area (TPSA) is 35.5 Å². The molecule has 0 aliphatic carbocycles. The second kappa shape index (κ2) is 7.58. The van der Waals surface area contributed by atoms with E-state index in [1.165, 1.54) is 6.42 Å². The lowest BCUT2D eigenvalue weighted by molar-refractivity contribution is 0.0984. The van der Waals surface area contributed by atoms with E-state index in [2.05, 4.69) is 0 Å². The smallest absolute Gasteiger partial charge is 0.175 e. The molecule has 2 rings (SSSR count). The molecular formula is C16H22O3S. The van der Waals surface area contributed by atoms with Gasteiger partial charge in [0, 0.05) is 5.56 Å². The monoisotopic (exact) mass is 294 g/mol. The molecule has 1 unspecified atom stereocenters. The molecule has 1 aliphatic heterocycles. The number of hydrogen-bond acceptors (Lipinski definition) is 4. The van der Waals surface area contributed by atoms with Gasteiger partial charge in [-0.05, 0) is 50.6 Å². The van der Waals surface area contributed by atoms with E-state index in [4.69, 9.17) is 9.47 Å². The van der Waals surface area contributed by atoms with Gasteiger partial charge in [0.2, 0.25) is 0 Å². The summed E-state index contributed by atoms with van der Waals surface area (Å²) in [4.78, 5) is 12.5. The molecule has 0 saturated carbocycles. The zero-order valence-corrected chi connectivity index (χ0v) is 13.0. The summed E-state index contributed by atoms with van der Waals surface area (Å²) in [6.07, 6.45) is 3.36. The molecule has 110 valence electrons. The molecule has 0 amide bonds. The molecule has 0 N–H and O–H groups in total. The summed E-state index contributed by atoms with van der Waals surface area (Å²) in [5.41, 5.74) is 0.733. The minimum Gasteiger partial charge on any atom is -0.490 e. The molecule has 1 aliphatic rings. The van der Waals surface area contributed by atoms with Crippen molar-refractivity contribution in [3.63, 3.8) is 0 Å². The predicted octanol–water partition coefficient (Wildman–Crippen LogP) is 3.95. The number of carbonyl (C=O) groups excluding carboxylic acids is 1. The number of ketones is 1. The molecule has 1 saturated heterocycles. The van der Waals surface area contributed by atoms with E-state index in [1.54, 1.807) is 11.8 Å². The molecule has 1 aromatic carbocycles. The van der Waals surface area contributed by atoms with E-state index in [1.807, 2.05) is 32.0 Å². The van der Waals surface area contributed by atoms with Gasteiger partial charge in [0.25, 0.3) is 0 Å². The van der Waals surface area contributed by atoms with Crippen molar-refractivity contribution < 1.29 is 14.3 Å². The van der Waals surface area contributed by atoms with Crippen LogP contribution in [0.5, 0.6) is 11.5 Å². The van der Waals surface area contributed by atoms with Crippen molar-refractivity contribution in [3.8, 4) is 11.5 Å². The van der Waals surface area contributed by atoms with Crippen molar-refractivity contribution in [3.05, 3.63) is 23.8 Å². The van der Waals surface area contributed by atoms with E-state index in [-0.39, 0.29) is 11.0 Å². The molecular weight excluding hydrogens is 272 g/mol. The third-order valence-corrected chi connectivity index (χ3v) is 4.68. The van der Waals surface area contributed by atoms with Crippen molar-refractivity contribution >= 4 is 17.5 Å². The molecule has 1 aromatic rings. The standard InChI is InChI=1S/C16H22O3S/c1-3-18-13-9-8-12(11-14(13)19-4-2)16(17)15-7-5-6-10-20-15/h8-9,11,15H,3-7,10H2,1-2H3. The molecule has 1 fully saturated rings. The lowest BCUT2D eigenvalue weighted by Crippen LogP contribution is -2.21. The predicted molar refractivity (Wildman–Crippen MR) is 83.2 cm³/mol. The van der Waals surface area contributed by atoms with Crippen molar-refractivity contribution in [2.45, 2.75) is 38.4 Å². The second-order valence-corrected chi connectivity index (χ2v) is 6.06. The Morgan fingerprint density at radius 3 is 2.60 bits per heavy atom. The maximum atomic E-state index is 12.5. The highest BCUT2D eigenvalue weighted by atomic mass is 32.2. The zero-order chi connectivity index (χ0) is 14.4. The zero-order valence-electron chi connectivity index (χ0n) is 12.2. The van der Waals surface area contributed by atoms with Crippen LogP contribution in [-0.4, -0.2) is 30.0 Å². The molecule has 0 spiro atoms. The van der Waals surface area contributed by atoms with E-state index < -0.39 is 0 Å². The van der Waals surface area contributed by atoms with Crippen LogP contribution in [0.3, 0.4) is 0 Å². The van der Waals surface area contributed by atoms with Crippen LogP contribution in [0.4, 0.5) is 0 Å². The first-order chi connectivity index (χ1) is 9.76. The van der Waals surface area contributed by atoms with Crippen molar-refractivity contribution in [1.82, 2.24) is 0 Å². The first kappa shape index (κ1) is 15.2. The van der Waals surface area contributed by atoms with Crippen LogP contribution in [0.1, 0.15) is 43.5 Å². The lowest BCUT2D eigenvalue weighted by atomic mass is 10.0. The fourth-order valence-corrected chi connectivity index (χ4v) is 3.61. The number of carbonyl (C=O) groups is 1. The Labute approximate surface area is 125 Å². The second-order valence-electron chi connectivity index (χ2n) is 4.75. The van der Waals surface area contributed by atoms with Crippen LogP contribution in [0, 0.1) is 0 Å². The largest absolute Gasteiger partial charge is 0.490 e. The van der Waals surface area contributed by atoms with Crippen molar-refractivity contribution in [2.75, 3.05) is 19.0 Å². The molecule has 20 heavy (non-hydrogen) atoms. The molecule has 4 heteroatoms. The van der Waals surface area contributed by atoms with Crippen LogP contribution in [0.15, 0.2) is 18.2 Å². The fourth-order valence-electron chi connectivity index (χ4n) is 2.34. The number of benzene rings is 1. The number of rotatable bonds is 6. The quantitative estimate of drug-likeness (QED) is 0.744. The molecule has 0 radical (unpaired) electrons. The maximum absolute atomic E-state index is 12.5. The third kappa shape index (κ3) is 3.69. The Bertz CT molecular complexity index is 453. The van der Waals surface area contributed by atoms with Crippen LogP contribution in [-0.2, 0) is 0 Å². The van der Waals surface area contributed by atoms with Gasteiger partial charge in [0.05, 0.1) is 18.5 Å². The number of hydrogen-bond donors (Lipinski definition) is 0. The highest BCUT2D eigenvalue weighted by Crippen LogP contribution is 2.32. The van der Waals surface area contributed by atoms with Gasteiger partial charge in [0.1, 0.15) is 0 Å². The van der Waals surface area contributed by atoms with Crippen LogP contribution >= 0.6 is 11.8 Å². The Morgan fingerprint density at radius 1 is 1.20 bits per heavy atom. The third-order valence-electron chi connectivity index (χ3n) is 3.30.